The van der Waals surface area contributed by atoms with Crippen LogP contribution < -0.4 is 38.6 Å². The minimum Gasteiger partial charge on any atom is -0.383 e. The molecule has 0 saturated carbocycles. The first-order chi connectivity index (χ1) is 34.0. The summed E-state index contributed by atoms with van der Waals surface area (Å²) in [4.78, 5) is 53.7. The van der Waals surface area contributed by atoms with E-state index in [4.69, 9.17) is 5.73 Å². The third kappa shape index (κ3) is 12.5. The lowest BCUT2D eigenvalue weighted by molar-refractivity contribution is 0.576. The van der Waals surface area contributed by atoms with E-state index in [2.05, 4.69) is 99.4 Å². The third-order valence-electron chi connectivity index (χ3n) is 10.7. The summed E-state index contributed by atoms with van der Waals surface area (Å²) in [5, 5.41) is 33.1. The van der Waals surface area contributed by atoms with Crippen molar-refractivity contribution in [2.45, 2.75) is 39.5 Å². The first kappa shape index (κ1) is 53.9. The lowest BCUT2D eigenvalue weighted by Crippen LogP contribution is -2.25. The molecule has 0 fully saturated rings. The summed E-state index contributed by atoms with van der Waals surface area (Å²) in [6, 6.07) is 10.2. The molecule has 0 spiro atoms. The first-order valence-electron chi connectivity index (χ1n) is 21.6. The molecule has 8 heterocycles. The van der Waals surface area contributed by atoms with Crippen molar-refractivity contribution in [2.75, 3.05) is 16.4 Å². The molecule has 0 atom stereocenters. The van der Waals surface area contributed by atoms with Crippen LogP contribution in [0, 0.1) is 5.82 Å². The molecule has 376 valence electrons. The van der Waals surface area contributed by atoms with Gasteiger partial charge in [-0.15, -0.1) is 15.3 Å². The summed E-state index contributed by atoms with van der Waals surface area (Å²) < 4.78 is 27.8. The highest BCUT2D eigenvalue weighted by Crippen LogP contribution is 2.30. The molecule has 26 heteroatoms. The van der Waals surface area contributed by atoms with Crippen molar-refractivity contribution in [1.29, 1.82) is 0 Å². The molecule has 0 aliphatic rings. The number of halogens is 4. The number of nitrogens with two attached hydrogens (primary N) is 1. The maximum atomic E-state index is 15.3. The van der Waals surface area contributed by atoms with Crippen molar-refractivity contribution < 1.29 is 4.39 Å². The second kappa shape index (κ2) is 22.7. The van der Waals surface area contributed by atoms with Gasteiger partial charge in [0.15, 0.2) is 5.82 Å². The molecule has 8 aromatic heterocycles. The largest absolute Gasteiger partial charge is 0.383 e. The van der Waals surface area contributed by atoms with E-state index in [-0.39, 0.29) is 27.5 Å². The van der Waals surface area contributed by atoms with Crippen LogP contribution in [-0.4, -0.2) is 73.4 Å². The Hall–Kier alpha value is -7.45. The highest BCUT2D eigenvalue weighted by atomic mass is 79.9. The lowest BCUT2D eigenvalue weighted by atomic mass is 9.86. The second-order valence-corrected chi connectivity index (χ2v) is 19.7. The van der Waals surface area contributed by atoms with Gasteiger partial charge in [-0.2, -0.15) is 9.78 Å². The second-order valence-electron chi connectivity index (χ2n) is 17.0. The topological polar surface area (TPSA) is 256 Å². The van der Waals surface area contributed by atoms with Crippen LogP contribution in [-0.2, 0) is 54.1 Å². The van der Waals surface area contributed by atoms with Gasteiger partial charge in [0.05, 0.1) is 34.6 Å². The summed E-state index contributed by atoms with van der Waals surface area (Å²) in [6.07, 6.45) is 13.3. The number of pyridine rings is 4. The van der Waals surface area contributed by atoms with E-state index >= 15 is 4.39 Å². The molecule has 72 heavy (non-hydrogen) atoms. The molecule has 0 radical (unpaired) electrons. The van der Waals surface area contributed by atoms with Crippen LogP contribution in [0.15, 0.2) is 119 Å². The first-order valence-corrected chi connectivity index (χ1v) is 24.0. The number of benzene rings is 1. The number of anilines is 5. The SMILES string of the molecule is CCc1c(-c2cc(Nc3cnnn3C)c(=O)n(C)c2)ccnc1-n1ncc2cc(C(C)(C)C)cc(F)c2c1=O.Cn1cc(Br)cc(Br)c1=O.Cn1nncc1N.Cn1nncc1Nc1cc(Br)cn(C)c1=O. The summed E-state index contributed by atoms with van der Waals surface area (Å²) in [6.45, 7) is 7.90. The number of hydrogen-bond donors (Lipinski definition) is 3. The molecule has 22 nitrogen and oxygen atoms in total. The van der Waals surface area contributed by atoms with Crippen LogP contribution in [0.4, 0.5) is 33.2 Å². The van der Waals surface area contributed by atoms with E-state index in [1.807, 2.05) is 33.8 Å². The van der Waals surface area contributed by atoms with Gasteiger partial charge >= 0.3 is 0 Å². The number of fused-ring (bicyclic) bond motifs is 1. The Morgan fingerprint density at radius 1 is 0.667 bits per heavy atom. The molecule has 9 rings (SSSR count). The Morgan fingerprint density at radius 2 is 1.21 bits per heavy atom. The molecular formula is C46H50Br3FN18O4. The van der Waals surface area contributed by atoms with Gasteiger partial charge in [-0.05, 0) is 107 Å². The minimum atomic E-state index is -0.591. The molecule has 0 unspecified atom stereocenters. The highest BCUT2D eigenvalue weighted by Gasteiger charge is 2.21. The molecular weight excluding hydrogens is 1130 g/mol. The predicted molar refractivity (Wildman–Crippen MR) is 284 cm³/mol. The van der Waals surface area contributed by atoms with E-state index in [0.717, 1.165) is 35.9 Å². The maximum Gasteiger partial charge on any atom is 0.283 e. The van der Waals surface area contributed by atoms with Gasteiger partial charge in [-0.25, -0.2) is 23.4 Å². The maximum absolute atomic E-state index is 15.3. The summed E-state index contributed by atoms with van der Waals surface area (Å²) >= 11 is 9.72. The molecule has 0 bridgehead atoms. The van der Waals surface area contributed by atoms with Gasteiger partial charge in [-0.1, -0.05) is 43.3 Å². The van der Waals surface area contributed by atoms with Gasteiger partial charge in [-0.3, -0.25) is 19.2 Å². The summed E-state index contributed by atoms with van der Waals surface area (Å²) in [5.41, 5.74) is 7.85. The number of nitrogens with zero attached hydrogens (tertiary/aromatic N) is 15. The highest BCUT2D eigenvalue weighted by molar-refractivity contribution is 9.11. The molecule has 0 aliphatic carbocycles. The number of nitrogen functional groups attached to an aromatic ring is 1. The Bertz CT molecular complexity index is 3620. The fourth-order valence-corrected chi connectivity index (χ4v) is 8.73. The Labute approximate surface area is 435 Å². The van der Waals surface area contributed by atoms with Crippen LogP contribution in [0.3, 0.4) is 0 Å². The average molecular weight is 1180 g/mol. The summed E-state index contributed by atoms with van der Waals surface area (Å²) in [7, 11) is 10.3. The van der Waals surface area contributed by atoms with Gasteiger partial charge in [0.25, 0.3) is 22.2 Å². The molecule has 0 aliphatic heterocycles. The van der Waals surface area contributed by atoms with E-state index in [9.17, 15) is 19.2 Å². The van der Waals surface area contributed by atoms with Gasteiger partial charge in [0.1, 0.15) is 34.6 Å². The van der Waals surface area contributed by atoms with Gasteiger partial charge in [0.2, 0.25) is 0 Å². The van der Waals surface area contributed by atoms with Crippen molar-refractivity contribution in [3.63, 3.8) is 0 Å². The van der Waals surface area contributed by atoms with Gasteiger partial charge < -0.3 is 30.1 Å². The Morgan fingerprint density at radius 3 is 1.71 bits per heavy atom. The lowest BCUT2D eigenvalue weighted by Gasteiger charge is -2.20. The number of rotatable bonds is 7. The smallest absolute Gasteiger partial charge is 0.283 e. The number of aryl methyl sites for hydroxylation is 6. The minimum absolute atomic E-state index is 0.0248. The fraction of sp³-hybridized carbons (Fsp3) is 0.261. The van der Waals surface area contributed by atoms with E-state index in [1.54, 1.807) is 102 Å². The van der Waals surface area contributed by atoms with Crippen molar-refractivity contribution in [2.24, 2.45) is 42.3 Å². The molecule has 9 aromatic rings. The summed E-state index contributed by atoms with van der Waals surface area (Å²) in [5.74, 6) is 1.51. The van der Waals surface area contributed by atoms with E-state index < -0.39 is 11.4 Å². The zero-order valence-electron chi connectivity index (χ0n) is 40.7. The van der Waals surface area contributed by atoms with Crippen LogP contribution >= 0.6 is 47.8 Å². The zero-order valence-corrected chi connectivity index (χ0v) is 45.5. The van der Waals surface area contributed by atoms with Crippen molar-refractivity contribution in [3.05, 3.63) is 158 Å². The third-order valence-corrected chi connectivity index (χ3v) is 12.2. The normalized spacial score (nSPS) is 11.0. The number of aromatic nitrogens is 15. The van der Waals surface area contributed by atoms with E-state index in [1.165, 1.54) is 47.7 Å². The fourth-order valence-electron chi connectivity index (χ4n) is 6.82. The number of hydrogen-bond acceptors (Lipinski definition) is 15. The van der Waals surface area contributed by atoms with Crippen LogP contribution in [0.25, 0.3) is 27.7 Å². The average Bonchev–Trinajstić information content (AvgIpc) is 4.05. The Balaban J connectivity index is 0.000000206. The molecule has 0 saturated heterocycles. The predicted octanol–water partition coefficient (Wildman–Crippen LogP) is 6.35. The monoisotopic (exact) mass is 1170 g/mol. The van der Waals surface area contributed by atoms with Crippen LogP contribution in [0.5, 0.6) is 0 Å². The molecule has 4 N–H and O–H groups in total. The van der Waals surface area contributed by atoms with Gasteiger partial charge in [0, 0.05) is 92.5 Å². The zero-order chi connectivity index (χ0) is 52.8. The molecule has 0 amide bonds. The van der Waals surface area contributed by atoms with Crippen molar-refractivity contribution in [1.82, 2.24) is 73.4 Å². The van der Waals surface area contributed by atoms with Crippen LogP contribution in [0.2, 0.25) is 0 Å². The molecule has 1 aromatic carbocycles. The quantitative estimate of drug-likeness (QED) is 0.157. The van der Waals surface area contributed by atoms with Crippen molar-refractivity contribution in [3.8, 4) is 16.9 Å². The van der Waals surface area contributed by atoms with Crippen molar-refractivity contribution >= 4 is 87.4 Å². The van der Waals surface area contributed by atoms with E-state index in [0.29, 0.717) is 50.9 Å². The Kier molecular flexibility index (Phi) is 17.0. The standard InChI is InChI=1S/C28H29FN8O2.C9H10BrN5O.C6H5Br2NO.C3H6N4/c1-7-19-20(17-11-22(26(38)35(5)15-17)33-23-14-31-34-36(23)6)8-9-30-25(19)37-27(39)24-16(13-32-37)10-18(12-21(24)29)28(2,3)4;1-14-5-6(10)3-7(9(14)16)12-8-4-11-13-15(8)2;1-9-3-4(7)2-5(8)6(9)10;1-7-3(4)2-5-6-7/h8-15,33H,7H2,1-6H3;3-5,12H,1-2H3;2-3H,1H3;2H,4H2,1H3. The van der Waals surface area contributed by atoms with Crippen LogP contribution in [0.1, 0.15) is 38.8 Å². The number of nitrogens with one attached hydrogen (secondary N) is 2.